The van der Waals surface area contributed by atoms with Crippen molar-refractivity contribution >= 4 is 251 Å². The number of ether oxygens (including phenoxy) is 6. The normalized spacial score (nSPS) is 30.7. The number of hydrogen-bond donors (Lipinski definition) is 0. The maximum atomic E-state index is 8.26. The molecule has 15 aliphatic carbocycles. The number of rotatable bonds is 12. The molecule has 3 saturated carbocycles. The first-order valence-electron chi connectivity index (χ1n) is 47.0. The Morgan fingerprint density at radius 1 is 0.147 bits per heavy atom. The van der Waals surface area contributed by atoms with Crippen LogP contribution in [0.15, 0.2) is 212 Å². The van der Waals surface area contributed by atoms with Crippen molar-refractivity contribution in [2.45, 2.75) is 68.7 Å². The zero-order chi connectivity index (χ0) is 80.0. The van der Waals surface area contributed by atoms with Gasteiger partial charge in [-0.15, -0.1) is 0 Å². The van der Waals surface area contributed by atoms with Crippen molar-refractivity contribution in [3.63, 3.8) is 0 Å². The summed E-state index contributed by atoms with van der Waals surface area (Å²) < 4.78 is 49.3. The first-order valence-corrected chi connectivity index (χ1v) is 47.0. The number of aliphatic imine (C=N–C) groups is 6. The van der Waals surface area contributed by atoms with Crippen LogP contribution in [0.5, 0.6) is 0 Å². The molecule has 6 aliphatic heterocycles. The van der Waals surface area contributed by atoms with Gasteiger partial charge in [-0.05, 0) is 327 Å². The molecular weight excluding hydrogens is 1590 g/mol. The smallest absolute Gasteiger partial charge is 0.202 e. The maximum absolute atomic E-state index is 8.26. The molecule has 0 N–H and O–H groups in total. The number of hydrogen-bond acceptors (Lipinski definition) is 12. The molecule has 47 rings (SSSR count). The van der Waals surface area contributed by atoms with Gasteiger partial charge in [0.05, 0.1) is 32.5 Å². The molecule has 21 aliphatic rings. The lowest BCUT2D eigenvalue weighted by Gasteiger charge is -2.34. The molecule has 0 aromatic heterocycles. The Hall–Kier alpha value is -14.9. The number of benzene rings is 20. The van der Waals surface area contributed by atoms with Crippen molar-refractivity contribution < 1.29 is 28.4 Å². The summed E-state index contributed by atoms with van der Waals surface area (Å²) in [6.07, 6.45) is 0. The molecule has 582 valence electrons. The first-order chi connectivity index (χ1) is 64.1. The van der Waals surface area contributed by atoms with Crippen molar-refractivity contribution in [1.82, 2.24) is 0 Å². The molecule has 26 aromatic carbocycles. The van der Waals surface area contributed by atoms with Gasteiger partial charge in [0, 0.05) is 0 Å². The molecule has 12 nitrogen and oxygen atoms in total. The third kappa shape index (κ3) is 3.96. The van der Waals surface area contributed by atoms with Gasteiger partial charge in [-0.25, -0.2) is 30.0 Å². The monoisotopic (exact) mass is 1630 g/mol. The van der Waals surface area contributed by atoms with E-state index in [2.05, 4.69) is 182 Å². The summed E-state index contributed by atoms with van der Waals surface area (Å²) in [6, 6.07) is 64.9. The second kappa shape index (κ2) is 15.5. The standard InChI is InChI=1S/C117H48N6O6/c1-7-19-37(20-8-1)43-31-124-103(118-43)115(104-119-44(32-125-104)38-21-9-2-10-22-38)109-91-69-56-50-49-51-58-53-57(50)70(91)79-66(53)85-87-88-86-67-54-60-62-64-63-61(75(69)92(109)76(64)74(60)96(86)110(109,115)97(79)88)59-52(56)55(49)71-81-65(51)82-72(58)95(85)111-98(87)80(67)84-68(54)83-78(62)94-77(63)73(59)93(71)112-99(81)89-90(100(83)113(94,112)117(112,107-122-47(35-128-107)41-27-15-5-16-28-41)108-123-48(36-129-108)42-29-17-6-18-30-42)102(84)114(111,101(82)89)116(111,105-120-45(33-126-105)39-23-11-3-12-24-39)106-121-46(34-127-106)40-25-13-4-14-26-40/h1-30,43-48H,31-36H2/t43-,44-,45-,46-,47-,48-,109?,110?,111?,112?,113?,114?/m1/s1. The summed E-state index contributed by atoms with van der Waals surface area (Å²) in [5, 5.41) is 58.6. The highest BCUT2D eigenvalue weighted by Gasteiger charge is 3.06. The van der Waals surface area contributed by atoms with E-state index >= 15 is 0 Å². The Bertz CT molecular complexity index is 10700. The summed E-state index contributed by atoms with van der Waals surface area (Å²) in [5.41, 5.74) is 18.5. The van der Waals surface area contributed by atoms with Crippen molar-refractivity contribution in [3.8, 4) is 11.1 Å². The van der Waals surface area contributed by atoms with Gasteiger partial charge in [0.1, 0.15) is 75.9 Å². The first kappa shape index (κ1) is 57.7. The Balaban J connectivity index is 0.766. The van der Waals surface area contributed by atoms with E-state index in [0.29, 0.717) is 39.6 Å². The van der Waals surface area contributed by atoms with Crippen molar-refractivity contribution in [1.29, 1.82) is 0 Å². The third-order valence-electron chi connectivity index (χ3n) is 41.1. The molecule has 6 heterocycles. The van der Waals surface area contributed by atoms with E-state index in [1.165, 1.54) is 293 Å². The van der Waals surface area contributed by atoms with Gasteiger partial charge in [-0.1, -0.05) is 182 Å². The predicted octanol–water partition coefficient (Wildman–Crippen LogP) is 23.4. The summed E-state index contributed by atoms with van der Waals surface area (Å²) >= 11 is 0. The average Bonchev–Trinajstić information content (AvgIpc) is 1.33. The van der Waals surface area contributed by atoms with Gasteiger partial charge in [0.15, 0.2) is 16.2 Å². The highest BCUT2D eigenvalue weighted by molar-refractivity contribution is 6.74. The Morgan fingerprint density at radius 2 is 0.271 bits per heavy atom. The lowest BCUT2D eigenvalue weighted by Crippen LogP contribution is -2.37. The molecule has 12 heteroatoms. The highest BCUT2D eigenvalue weighted by atomic mass is 16.5. The molecule has 0 saturated heterocycles. The lowest BCUT2D eigenvalue weighted by atomic mass is 9.66. The summed E-state index contributed by atoms with van der Waals surface area (Å²) in [5.74, 6) is 4.71. The molecule has 0 radical (unpaired) electrons. The fourth-order valence-corrected chi connectivity index (χ4v) is 39.4. The lowest BCUT2D eigenvalue weighted by molar-refractivity contribution is 0.273. The maximum Gasteiger partial charge on any atom is 0.202 e. The van der Waals surface area contributed by atoms with Crippen molar-refractivity contribution in [2.24, 2.45) is 46.2 Å². The average molecular weight is 1630 g/mol. The van der Waals surface area contributed by atoms with E-state index in [9.17, 15) is 0 Å². The minimum atomic E-state index is -1.19. The molecule has 6 spiro atoms. The van der Waals surface area contributed by atoms with Gasteiger partial charge < -0.3 is 28.4 Å². The van der Waals surface area contributed by atoms with Crippen LogP contribution in [0.4, 0.5) is 0 Å². The van der Waals surface area contributed by atoms with Crippen molar-refractivity contribution in [2.75, 3.05) is 39.6 Å². The molecule has 26 aromatic rings. The second-order valence-electron chi connectivity index (χ2n) is 43.0. The molecule has 12 atom stereocenters. The van der Waals surface area contributed by atoms with Crippen LogP contribution >= 0.6 is 0 Å². The van der Waals surface area contributed by atoms with E-state index in [-0.39, 0.29) is 36.3 Å². The van der Waals surface area contributed by atoms with Gasteiger partial charge in [0.25, 0.3) is 0 Å². The van der Waals surface area contributed by atoms with Crippen molar-refractivity contribution in [3.05, 3.63) is 282 Å². The largest absolute Gasteiger partial charge is 0.477 e. The van der Waals surface area contributed by atoms with Crippen LogP contribution in [0.1, 0.15) is 136 Å². The Kier molecular flexibility index (Phi) is 6.92. The minimum absolute atomic E-state index is 0.272. The van der Waals surface area contributed by atoms with Gasteiger partial charge in [-0.2, -0.15) is 0 Å². The van der Waals surface area contributed by atoms with E-state index in [4.69, 9.17) is 58.4 Å². The molecule has 6 unspecified atom stereocenters. The predicted molar refractivity (Wildman–Crippen MR) is 502 cm³/mol. The van der Waals surface area contributed by atoms with Crippen LogP contribution in [0.25, 0.3) is 227 Å². The quantitative estimate of drug-likeness (QED) is 0.112. The molecule has 129 heavy (non-hydrogen) atoms. The van der Waals surface area contributed by atoms with Crippen LogP contribution in [0.2, 0.25) is 0 Å². The zero-order valence-corrected chi connectivity index (χ0v) is 67.7. The van der Waals surface area contributed by atoms with Crippen LogP contribution < -0.4 is 0 Å². The topological polar surface area (TPSA) is 130 Å². The molecular formula is C117H48N6O6. The summed E-state index contributed by atoms with van der Waals surface area (Å²) in [6.45, 7) is 2.41. The second-order valence-corrected chi connectivity index (χ2v) is 43.0. The molecule has 3 fully saturated rings. The van der Waals surface area contributed by atoms with Crippen LogP contribution in [-0.4, -0.2) is 75.0 Å². The Labute approximate surface area is 722 Å². The third-order valence-corrected chi connectivity index (χ3v) is 41.1. The van der Waals surface area contributed by atoms with Crippen LogP contribution in [0, 0.1) is 16.2 Å². The van der Waals surface area contributed by atoms with E-state index in [1.54, 1.807) is 0 Å². The minimum Gasteiger partial charge on any atom is -0.477 e. The number of nitrogens with zero attached hydrogens (tertiary/aromatic N) is 6. The zero-order valence-electron chi connectivity index (χ0n) is 67.7. The van der Waals surface area contributed by atoms with Gasteiger partial charge >= 0.3 is 0 Å². The van der Waals surface area contributed by atoms with E-state index in [1.807, 2.05) is 0 Å². The van der Waals surface area contributed by atoms with E-state index < -0.39 is 48.7 Å². The fraction of sp³-hybridized carbons (Fsp3) is 0.179. The summed E-state index contributed by atoms with van der Waals surface area (Å²) in [7, 11) is 0. The Morgan fingerprint density at radius 3 is 0.442 bits per heavy atom. The SMILES string of the molecule is c1ccc([C@H]2COC(C3(C4=N[C@@H](c5ccccc5)CO4)C45c6c7c8c9c%10c%11c%12c%13c%14c%15c%16c(c-7c4c4c7c%17c%18c%19c(c%20c6c9c6c%20c9c%20c%21c%22c%23c%24c%25c%26c%27c(c(c%199)C%209C(C%19=N[C@@H](c%20ccccc%20)CO%19)(C%19=N[C@@H](c%20ccccc%20)CO%19)C%23%269)c%18c9c7c(c4%16)c4c%15c(c%13c%24c%12c%22c%10c%216)c%25c4c%279)C%1735)C%143C(C4=N[C@@H](c5ccccc5)CO4)(C4=N[C@@H](c5ccccc5)CO4)C8%113)=N2)cc1. The van der Waals surface area contributed by atoms with Gasteiger partial charge in [0.2, 0.25) is 35.4 Å². The highest BCUT2D eigenvalue weighted by Crippen LogP contribution is 3.05. The van der Waals surface area contributed by atoms with Gasteiger partial charge in [-0.3, -0.25) is 0 Å². The van der Waals surface area contributed by atoms with Crippen LogP contribution in [-0.2, 0) is 60.9 Å². The van der Waals surface area contributed by atoms with Crippen LogP contribution in [0.3, 0.4) is 0 Å². The molecule has 0 bridgehead atoms. The van der Waals surface area contributed by atoms with E-state index in [0.717, 1.165) is 68.8 Å². The fourth-order valence-electron chi connectivity index (χ4n) is 39.4. The summed E-state index contributed by atoms with van der Waals surface area (Å²) in [4.78, 5) is 38.8. The molecule has 0 amide bonds.